The Morgan fingerprint density at radius 2 is 0.774 bits per heavy atom. The lowest BCUT2D eigenvalue weighted by Crippen LogP contribution is -2.17. The fourth-order valence-electron chi connectivity index (χ4n) is 1.98. The molecular weight excluding hydrogens is 414 g/mol. The summed E-state index contributed by atoms with van der Waals surface area (Å²) in [5.74, 6) is -0.868. The van der Waals surface area contributed by atoms with Gasteiger partial charge in [-0.3, -0.25) is 4.79 Å². The maximum absolute atomic E-state index is 10.3. The number of ether oxygens (including phenoxy) is 8. The van der Waals surface area contributed by atoms with Crippen LogP contribution in [0.3, 0.4) is 0 Å². The Kier molecular flexibility index (Phi) is 26.4. The van der Waals surface area contributed by atoms with Gasteiger partial charge in [0.1, 0.15) is 0 Å². The van der Waals surface area contributed by atoms with Crippen LogP contribution in [0.1, 0.15) is 6.42 Å². The van der Waals surface area contributed by atoms with Gasteiger partial charge in [0, 0.05) is 6.54 Å². The maximum atomic E-state index is 10.3. The van der Waals surface area contributed by atoms with Crippen LogP contribution in [0.5, 0.6) is 0 Å². The summed E-state index contributed by atoms with van der Waals surface area (Å²) in [7, 11) is 1.89. The predicted molar refractivity (Wildman–Crippen MR) is 113 cm³/mol. The molecule has 0 aromatic rings. The quantitative estimate of drug-likeness (QED) is 0.160. The van der Waals surface area contributed by atoms with E-state index in [0.717, 1.165) is 6.54 Å². The van der Waals surface area contributed by atoms with Gasteiger partial charge in [-0.1, -0.05) is 0 Å². The lowest BCUT2D eigenvalue weighted by molar-refractivity contribution is -0.138. The van der Waals surface area contributed by atoms with Crippen LogP contribution in [0.4, 0.5) is 0 Å². The summed E-state index contributed by atoms with van der Waals surface area (Å²) in [4.78, 5) is 10.3. The molecule has 0 spiro atoms. The smallest absolute Gasteiger partial charge is 0.305 e. The molecule has 0 heterocycles. The fourth-order valence-corrected chi connectivity index (χ4v) is 1.98. The Bertz CT molecular complexity index is 363. The molecule has 0 aliphatic heterocycles. The molecule has 0 saturated heterocycles. The van der Waals surface area contributed by atoms with Gasteiger partial charge in [-0.15, -0.1) is 0 Å². The number of rotatable bonds is 27. The fraction of sp³-hybridized carbons (Fsp3) is 0.950. The molecule has 0 aliphatic carbocycles. The minimum atomic E-state index is -0.868. The lowest BCUT2D eigenvalue weighted by atomic mass is 10.5. The van der Waals surface area contributed by atoms with Crippen molar-refractivity contribution in [1.82, 2.24) is 5.32 Å². The SMILES string of the molecule is CNCCOCCOCCOCCOCCOCCOCCOCCOCCC(=O)O. The number of carboxylic acids is 1. The van der Waals surface area contributed by atoms with Gasteiger partial charge in [0.05, 0.1) is 112 Å². The summed E-state index contributed by atoms with van der Waals surface area (Å²) < 4.78 is 42.7. The Hall–Kier alpha value is -0.890. The highest BCUT2D eigenvalue weighted by Crippen LogP contribution is 1.86. The molecule has 0 atom stereocenters. The van der Waals surface area contributed by atoms with Crippen molar-refractivity contribution in [2.45, 2.75) is 6.42 Å². The zero-order valence-corrected chi connectivity index (χ0v) is 18.8. The minimum Gasteiger partial charge on any atom is -0.481 e. The number of carbonyl (C=O) groups is 1. The van der Waals surface area contributed by atoms with E-state index in [2.05, 4.69) is 5.32 Å². The second-order valence-electron chi connectivity index (χ2n) is 6.15. The summed E-state index contributed by atoms with van der Waals surface area (Å²) in [5.41, 5.74) is 0. The zero-order chi connectivity index (χ0) is 22.7. The van der Waals surface area contributed by atoms with Crippen LogP contribution in [0.25, 0.3) is 0 Å². The third kappa shape index (κ3) is 29.1. The topological polar surface area (TPSA) is 123 Å². The molecule has 0 aromatic carbocycles. The molecule has 186 valence electrons. The van der Waals surface area contributed by atoms with Crippen molar-refractivity contribution in [1.29, 1.82) is 0 Å². The largest absolute Gasteiger partial charge is 0.481 e. The summed E-state index contributed by atoms with van der Waals surface area (Å²) >= 11 is 0. The van der Waals surface area contributed by atoms with Crippen molar-refractivity contribution in [2.24, 2.45) is 0 Å². The third-order valence-corrected chi connectivity index (χ3v) is 3.56. The first-order valence-electron chi connectivity index (χ1n) is 10.8. The van der Waals surface area contributed by atoms with Crippen LogP contribution in [-0.4, -0.2) is 130 Å². The summed E-state index contributed by atoms with van der Waals surface area (Å²) in [6.07, 6.45) is 0.00579. The molecule has 0 aliphatic rings. The second kappa shape index (κ2) is 27.1. The van der Waals surface area contributed by atoms with Gasteiger partial charge in [0.15, 0.2) is 0 Å². The van der Waals surface area contributed by atoms with Crippen LogP contribution in [0, 0.1) is 0 Å². The van der Waals surface area contributed by atoms with Crippen molar-refractivity contribution < 1.29 is 47.8 Å². The van der Waals surface area contributed by atoms with E-state index in [4.69, 9.17) is 43.0 Å². The first-order chi connectivity index (χ1) is 15.3. The number of likely N-dealkylation sites (N-methyl/N-ethyl adjacent to an activating group) is 1. The van der Waals surface area contributed by atoms with E-state index in [-0.39, 0.29) is 13.0 Å². The number of carboxylic acid groups (broad SMARTS) is 1. The lowest BCUT2D eigenvalue weighted by Gasteiger charge is -2.08. The van der Waals surface area contributed by atoms with E-state index < -0.39 is 5.97 Å². The maximum Gasteiger partial charge on any atom is 0.305 e. The Morgan fingerprint density at radius 1 is 0.516 bits per heavy atom. The molecule has 0 aromatic heterocycles. The van der Waals surface area contributed by atoms with Crippen LogP contribution in [0.15, 0.2) is 0 Å². The van der Waals surface area contributed by atoms with Crippen molar-refractivity contribution in [3.63, 3.8) is 0 Å². The van der Waals surface area contributed by atoms with Gasteiger partial charge in [-0.2, -0.15) is 0 Å². The van der Waals surface area contributed by atoms with Gasteiger partial charge in [-0.25, -0.2) is 0 Å². The molecule has 31 heavy (non-hydrogen) atoms. The van der Waals surface area contributed by atoms with Gasteiger partial charge in [0.2, 0.25) is 0 Å². The van der Waals surface area contributed by atoms with Gasteiger partial charge in [-0.05, 0) is 7.05 Å². The average Bonchev–Trinajstić information content (AvgIpc) is 2.76. The van der Waals surface area contributed by atoms with E-state index in [1.807, 2.05) is 7.05 Å². The standard InChI is InChI=1S/C20H41NO10/c1-21-3-5-25-7-9-27-11-13-29-15-17-31-19-18-30-16-14-28-12-10-26-8-6-24-4-2-20(22)23/h21H,2-19H2,1H3,(H,22,23). The zero-order valence-electron chi connectivity index (χ0n) is 18.8. The number of nitrogens with one attached hydrogen (secondary N) is 1. The van der Waals surface area contributed by atoms with Gasteiger partial charge < -0.3 is 48.3 Å². The van der Waals surface area contributed by atoms with E-state index >= 15 is 0 Å². The molecule has 0 bridgehead atoms. The number of aliphatic carboxylic acids is 1. The minimum absolute atomic E-state index is 0.00579. The van der Waals surface area contributed by atoms with Crippen LogP contribution >= 0.6 is 0 Å². The predicted octanol–water partition coefficient (Wildman–Crippen LogP) is -0.187. The summed E-state index contributed by atoms with van der Waals surface area (Å²) in [6.45, 7) is 8.74. The highest BCUT2D eigenvalue weighted by molar-refractivity contribution is 5.66. The van der Waals surface area contributed by atoms with Crippen molar-refractivity contribution in [3.05, 3.63) is 0 Å². The van der Waals surface area contributed by atoms with Crippen LogP contribution in [0.2, 0.25) is 0 Å². The molecule has 0 rings (SSSR count). The third-order valence-electron chi connectivity index (χ3n) is 3.56. The molecule has 11 nitrogen and oxygen atoms in total. The highest BCUT2D eigenvalue weighted by Gasteiger charge is 1.97. The molecule has 0 amide bonds. The molecule has 0 unspecified atom stereocenters. The Morgan fingerprint density at radius 3 is 1.03 bits per heavy atom. The number of hydrogen-bond acceptors (Lipinski definition) is 10. The highest BCUT2D eigenvalue weighted by atomic mass is 16.6. The molecular formula is C20H41NO10. The molecule has 11 heteroatoms. The van der Waals surface area contributed by atoms with E-state index in [1.165, 1.54) is 0 Å². The molecule has 0 fully saturated rings. The van der Waals surface area contributed by atoms with Gasteiger partial charge >= 0.3 is 5.97 Å². The average molecular weight is 456 g/mol. The van der Waals surface area contributed by atoms with Crippen LogP contribution < -0.4 is 5.32 Å². The van der Waals surface area contributed by atoms with Crippen molar-refractivity contribution >= 4 is 5.97 Å². The summed E-state index contributed by atoms with van der Waals surface area (Å²) in [5, 5.41) is 11.5. The van der Waals surface area contributed by atoms with E-state index in [1.54, 1.807) is 0 Å². The van der Waals surface area contributed by atoms with Crippen molar-refractivity contribution in [3.8, 4) is 0 Å². The molecule has 0 saturated carbocycles. The normalized spacial score (nSPS) is 11.3. The summed E-state index contributed by atoms with van der Waals surface area (Å²) in [6, 6.07) is 0. The van der Waals surface area contributed by atoms with E-state index in [0.29, 0.717) is 99.1 Å². The first kappa shape index (κ1) is 30.1. The Labute approximate surface area is 185 Å². The van der Waals surface area contributed by atoms with Gasteiger partial charge in [0.25, 0.3) is 0 Å². The number of hydrogen-bond donors (Lipinski definition) is 2. The van der Waals surface area contributed by atoms with Crippen molar-refractivity contribution in [2.75, 3.05) is 119 Å². The monoisotopic (exact) mass is 455 g/mol. The second-order valence-corrected chi connectivity index (χ2v) is 6.15. The first-order valence-corrected chi connectivity index (χ1v) is 10.8. The van der Waals surface area contributed by atoms with Crippen LogP contribution in [-0.2, 0) is 42.7 Å². The molecule has 2 N–H and O–H groups in total. The Balaban J connectivity index is 3.00. The molecule has 0 radical (unpaired) electrons. The van der Waals surface area contributed by atoms with E-state index in [9.17, 15) is 4.79 Å².